The molecule has 18 heavy (non-hydrogen) atoms. The van der Waals surface area contributed by atoms with Crippen LogP contribution in [-0.4, -0.2) is 54.5 Å². The lowest BCUT2D eigenvalue weighted by molar-refractivity contribution is -0.131. The maximum atomic E-state index is 12.0. The highest BCUT2D eigenvalue weighted by atomic mass is 35.5. The first-order valence-electron chi connectivity index (χ1n) is 6.88. The van der Waals surface area contributed by atoms with Crippen LogP contribution in [0.5, 0.6) is 0 Å². The van der Waals surface area contributed by atoms with Crippen molar-refractivity contribution in [2.45, 2.75) is 37.8 Å². The van der Waals surface area contributed by atoms with E-state index in [1.807, 2.05) is 11.9 Å². The van der Waals surface area contributed by atoms with Gasteiger partial charge in [0, 0.05) is 32.2 Å². The van der Waals surface area contributed by atoms with E-state index >= 15 is 0 Å². The minimum absolute atomic E-state index is 0. The van der Waals surface area contributed by atoms with E-state index in [0.29, 0.717) is 30.5 Å². The molecule has 1 saturated heterocycles. The van der Waals surface area contributed by atoms with Crippen LogP contribution >= 0.6 is 12.4 Å². The molecule has 0 aromatic heterocycles. The summed E-state index contributed by atoms with van der Waals surface area (Å²) in [5.41, 5.74) is 6.11. The lowest BCUT2D eigenvalue weighted by atomic mass is 9.98. The Bertz CT molecular complexity index is 321. The first-order valence-corrected chi connectivity index (χ1v) is 6.88. The Morgan fingerprint density at radius 1 is 1.28 bits per heavy atom. The van der Waals surface area contributed by atoms with E-state index in [1.165, 1.54) is 25.7 Å². The van der Waals surface area contributed by atoms with Crippen molar-refractivity contribution in [3.8, 4) is 0 Å². The molecule has 3 aliphatic rings. The predicted molar refractivity (Wildman–Crippen MR) is 73.7 cm³/mol. The van der Waals surface area contributed by atoms with Crippen molar-refractivity contribution >= 4 is 18.3 Å². The molecule has 3 rings (SSSR count). The number of halogens is 1. The number of carbonyl (C=O) groups is 1. The second kappa shape index (κ2) is 5.35. The van der Waals surface area contributed by atoms with Crippen LogP contribution in [0.1, 0.15) is 25.7 Å². The second-order valence-electron chi connectivity index (χ2n) is 6.10. The summed E-state index contributed by atoms with van der Waals surface area (Å²) in [7, 11) is 1.95. The van der Waals surface area contributed by atoms with E-state index < -0.39 is 0 Å². The lowest BCUT2D eigenvalue weighted by Crippen LogP contribution is -2.39. The average Bonchev–Trinajstić information content (AvgIpc) is 2.99. The van der Waals surface area contributed by atoms with Gasteiger partial charge in [-0.3, -0.25) is 9.69 Å². The van der Waals surface area contributed by atoms with Crippen molar-refractivity contribution in [1.82, 2.24) is 9.80 Å². The Morgan fingerprint density at radius 2 is 2.00 bits per heavy atom. The van der Waals surface area contributed by atoms with Crippen molar-refractivity contribution in [3.63, 3.8) is 0 Å². The topological polar surface area (TPSA) is 49.6 Å². The van der Waals surface area contributed by atoms with Gasteiger partial charge in [-0.2, -0.15) is 0 Å². The van der Waals surface area contributed by atoms with Crippen LogP contribution in [-0.2, 0) is 4.79 Å². The zero-order valence-corrected chi connectivity index (χ0v) is 11.9. The second-order valence-corrected chi connectivity index (χ2v) is 6.10. The molecule has 104 valence electrons. The van der Waals surface area contributed by atoms with Gasteiger partial charge >= 0.3 is 0 Å². The molecule has 0 radical (unpaired) electrons. The highest BCUT2D eigenvalue weighted by Crippen LogP contribution is 2.37. The quantitative estimate of drug-likeness (QED) is 0.824. The lowest BCUT2D eigenvalue weighted by Gasteiger charge is -2.22. The van der Waals surface area contributed by atoms with Gasteiger partial charge in [0.15, 0.2) is 0 Å². The molecule has 4 nitrogen and oxygen atoms in total. The summed E-state index contributed by atoms with van der Waals surface area (Å²) in [6.45, 7) is 2.73. The van der Waals surface area contributed by atoms with E-state index in [1.54, 1.807) is 0 Å². The van der Waals surface area contributed by atoms with Crippen molar-refractivity contribution in [2.75, 3.05) is 26.7 Å². The number of likely N-dealkylation sites (tertiary alicyclic amines) is 1. The number of hydrogen-bond acceptors (Lipinski definition) is 3. The maximum absolute atomic E-state index is 12.0. The molecule has 2 N–H and O–H groups in total. The molecule has 0 aromatic rings. The molecular formula is C13H24ClN3O. The van der Waals surface area contributed by atoms with Gasteiger partial charge in [-0.15, -0.1) is 12.4 Å². The first kappa shape index (κ1) is 14.1. The predicted octanol–water partition coefficient (Wildman–Crippen LogP) is 0.698. The Hall–Kier alpha value is -0.320. The highest BCUT2D eigenvalue weighted by Gasteiger charge is 2.41. The fourth-order valence-electron chi connectivity index (χ4n) is 3.50. The van der Waals surface area contributed by atoms with Crippen LogP contribution in [0.3, 0.4) is 0 Å². The fraction of sp³-hybridized carbons (Fsp3) is 0.923. The zero-order chi connectivity index (χ0) is 12.0. The van der Waals surface area contributed by atoms with E-state index in [4.69, 9.17) is 5.73 Å². The number of amides is 1. The van der Waals surface area contributed by atoms with Gasteiger partial charge in [0.25, 0.3) is 0 Å². The summed E-state index contributed by atoms with van der Waals surface area (Å²) < 4.78 is 0. The largest absolute Gasteiger partial charge is 0.342 e. The normalized spacial score (nSPS) is 35.1. The minimum atomic E-state index is 0. The third kappa shape index (κ3) is 2.65. The summed E-state index contributed by atoms with van der Waals surface area (Å²) in [4.78, 5) is 16.3. The van der Waals surface area contributed by atoms with Crippen LogP contribution < -0.4 is 5.73 Å². The molecule has 2 saturated carbocycles. The molecule has 3 atom stereocenters. The van der Waals surface area contributed by atoms with Crippen LogP contribution in [0.4, 0.5) is 0 Å². The van der Waals surface area contributed by atoms with Crippen LogP contribution in [0, 0.1) is 11.8 Å². The Balaban J connectivity index is 0.00000120. The van der Waals surface area contributed by atoms with E-state index in [9.17, 15) is 4.79 Å². The monoisotopic (exact) mass is 273 g/mol. The third-order valence-corrected chi connectivity index (χ3v) is 4.83. The molecule has 1 amide bonds. The molecule has 0 aromatic carbocycles. The maximum Gasteiger partial charge on any atom is 0.236 e. The molecule has 2 aliphatic carbocycles. The summed E-state index contributed by atoms with van der Waals surface area (Å²) >= 11 is 0. The molecule has 0 spiro atoms. The zero-order valence-electron chi connectivity index (χ0n) is 11.0. The SMILES string of the molecule is CN(C(=O)CN1CC2CCC(N)C2C1)C1CC1.Cl. The summed E-state index contributed by atoms with van der Waals surface area (Å²) in [6.07, 6.45) is 4.82. The van der Waals surface area contributed by atoms with Crippen molar-refractivity contribution in [2.24, 2.45) is 17.6 Å². The summed E-state index contributed by atoms with van der Waals surface area (Å²) in [5, 5.41) is 0. The smallest absolute Gasteiger partial charge is 0.236 e. The van der Waals surface area contributed by atoms with Gasteiger partial charge in [-0.05, 0) is 37.5 Å². The van der Waals surface area contributed by atoms with Gasteiger partial charge < -0.3 is 10.6 Å². The van der Waals surface area contributed by atoms with Crippen LogP contribution in [0.2, 0.25) is 0 Å². The molecule has 3 unspecified atom stereocenters. The minimum Gasteiger partial charge on any atom is -0.342 e. The summed E-state index contributed by atoms with van der Waals surface area (Å²) in [6, 6.07) is 0.910. The molecule has 5 heteroatoms. The van der Waals surface area contributed by atoms with E-state index in [2.05, 4.69) is 4.90 Å². The van der Waals surface area contributed by atoms with E-state index in [0.717, 1.165) is 19.0 Å². The standard InChI is InChI=1S/C13H23N3O.ClH/c1-15(10-3-4-10)13(17)8-16-6-9-2-5-12(14)11(9)7-16;/h9-12H,2-8,14H2,1H3;1H. The fourth-order valence-corrected chi connectivity index (χ4v) is 3.50. The van der Waals surface area contributed by atoms with Gasteiger partial charge in [0.05, 0.1) is 6.54 Å². The number of fused-ring (bicyclic) bond motifs is 1. The Morgan fingerprint density at radius 3 is 2.61 bits per heavy atom. The number of nitrogens with two attached hydrogens (primary N) is 1. The van der Waals surface area contributed by atoms with Crippen LogP contribution in [0.25, 0.3) is 0 Å². The number of carbonyl (C=O) groups excluding carboxylic acids is 1. The highest BCUT2D eigenvalue weighted by molar-refractivity contribution is 5.85. The average molecular weight is 274 g/mol. The first-order chi connectivity index (χ1) is 8.15. The summed E-state index contributed by atoms with van der Waals surface area (Å²) in [5.74, 6) is 1.69. The number of nitrogens with zero attached hydrogens (tertiary/aromatic N) is 2. The molecule has 3 fully saturated rings. The van der Waals surface area contributed by atoms with Crippen molar-refractivity contribution in [3.05, 3.63) is 0 Å². The van der Waals surface area contributed by atoms with Gasteiger partial charge in [0.1, 0.15) is 0 Å². The number of hydrogen-bond donors (Lipinski definition) is 1. The van der Waals surface area contributed by atoms with Crippen molar-refractivity contribution < 1.29 is 4.79 Å². The van der Waals surface area contributed by atoms with Gasteiger partial charge in [-0.25, -0.2) is 0 Å². The molecule has 1 aliphatic heterocycles. The molecular weight excluding hydrogens is 250 g/mol. The van der Waals surface area contributed by atoms with Gasteiger partial charge in [-0.1, -0.05) is 0 Å². The Labute approximate surface area is 115 Å². The number of likely N-dealkylation sites (N-methyl/N-ethyl adjacent to an activating group) is 1. The number of rotatable bonds is 3. The molecule has 1 heterocycles. The Kier molecular flexibility index (Phi) is 4.19. The van der Waals surface area contributed by atoms with E-state index in [-0.39, 0.29) is 12.4 Å². The molecule has 0 bridgehead atoms. The van der Waals surface area contributed by atoms with Gasteiger partial charge in [0.2, 0.25) is 5.91 Å². The van der Waals surface area contributed by atoms with Crippen LogP contribution in [0.15, 0.2) is 0 Å². The van der Waals surface area contributed by atoms with Crippen molar-refractivity contribution in [1.29, 1.82) is 0 Å². The third-order valence-electron chi connectivity index (χ3n) is 4.83.